The predicted octanol–water partition coefficient (Wildman–Crippen LogP) is 2.75. The summed E-state index contributed by atoms with van der Waals surface area (Å²) in [7, 11) is 0. The van der Waals surface area contributed by atoms with Crippen LogP contribution in [0.25, 0.3) is 0 Å². The average Bonchev–Trinajstić information content (AvgIpc) is 3.07. The molecule has 5 atom stereocenters. The molecule has 0 spiro atoms. The van der Waals surface area contributed by atoms with Crippen LogP contribution in [0.3, 0.4) is 0 Å². The Balaban J connectivity index is 1.20. The van der Waals surface area contributed by atoms with E-state index in [0.717, 1.165) is 64.0 Å². The molecule has 0 unspecified atom stereocenters. The normalized spacial score (nSPS) is 26.2. The van der Waals surface area contributed by atoms with Crippen molar-refractivity contribution in [1.29, 1.82) is 0 Å². The van der Waals surface area contributed by atoms with Crippen LogP contribution >= 0.6 is 23.2 Å². The van der Waals surface area contributed by atoms with Gasteiger partial charge in [-0.05, 0) is 43.4 Å². The molecule has 0 radical (unpaired) electrons. The van der Waals surface area contributed by atoms with Gasteiger partial charge in [0.1, 0.15) is 18.8 Å². The third kappa shape index (κ3) is 11.7. The van der Waals surface area contributed by atoms with E-state index >= 15 is 0 Å². The lowest BCUT2D eigenvalue weighted by Crippen LogP contribution is -2.71. The fourth-order valence-electron chi connectivity index (χ4n) is 6.95. The fourth-order valence-corrected chi connectivity index (χ4v) is 7.36. The number of ether oxygens (including phenoxy) is 3. The molecule has 2 aliphatic heterocycles. The van der Waals surface area contributed by atoms with Gasteiger partial charge >= 0.3 is 5.97 Å². The van der Waals surface area contributed by atoms with Gasteiger partial charge in [0, 0.05) is 76.6 Å². The molecule has 47 heavy (non-hydrogen) atoms. The summed E-state index contributed by atoms with van der Waals surface area (Å²) in [5.41, 5.74) is 2.26. The summed E-state index contributed by atoms with van der Waals surface area (Å²) in [4.78, 5) is 31.2. The summed E-state index contributed by atoms with van der Waals surface area (Å²) in [6.45, 7) is 6.28. The first-order valence-electron chi connectivity index (χ1n) is 17.3. The van der Waals surface area contributed by atoms with Gasteiger partial charge in [-0.1, -0.05) is 31.4 Å². The molecule has 2 heterocycles. The van der Waals surface area contributed by atoms with Crippen molar-refractivity contribution < 1.29 is 34.0 Å². The van der Waals surface area contributed by atoms with E-state index in [-0.39, 0.29) is 24.6 Å². The van der Waals surface area contributed by atoms with E-state index in [1.165, 1.54) is 18.9 Å². The second kappa shape index (κ2) is 20.1. The lowest BCUT2D eigenvalue weighted by molar-refractivity contribution is -0.276. The van der Waals surface area contributed by atoms with Gasteiger partial charge < -0.3 is 34.6 Å². The van der Waals surface area contributed by atoms with Gasteiger partial charge in [-0.2, -0.15) is 0 Å². The van der Waals surface area contributed by atoms with E-state index < -0.39 is 30.6 Å². The van der Waals surface area contributed by atoms with Gasteiger partial charge in [-0.3, -0.25) is 19.4 Å². The van der Waals surface area contributed by atoms with E-state index in [1.807, 2.05) is 0 Å². The van der Waals surface area contributed by atoms with Gasteiger partial charge in [0.15, 0.2) is 6.29 Å². The quantitative estimate of drug-likeness (QED) is 0.165. The fraction of sp³-hybridized carbons (Fsp3) is 0.765. The predicted molar refractivity (Wildman–Crippen MR) is 183 cm³/mol. The number of alkyl halides is 2. The van der Waals surface area contributed by atoms with Gasteiger partial charge in [0.2, 0.25) is 5.91 Å². The van der Waals surface area contributed by atoms with Crippen LogP contribution in [0.4, 0.5) is 5.69 Å². The number of piperazine rings is 1. The lowest BCUT2D eigenvalue weighted by atomic mass is 9.91. The van der Waals surface area contributed by atoms with Gasteiger partial charge in [-0.15, -0.1) is 23.2 Å². The molecule has 0 bridgehead atoms. The largest absolute Gasteiger partial charge is 0.464 e. The molecule has 1 aromatic rings. The van der Waals surface area contributed by atoms with E-state index in [0.29, 0.717) is 50.8 Å². The van der Waals surface area contributed by atoms with Crippen molar-refractivity contribution >= 4 is 40.8 Å². The van der Waals surface area contributed by atoms with Crippen LogP contribution in [0.15, 0.2) is 24.3 Å². The van der Waals surface area contributed by atoms with Crippen LogP contribution in [0.5, 0.6) is 0 Å². The Morgan fingerprint density at radius 2 is 1.72 bits per heavy atom. The number of aliphatic hydroxyl groups excluding tert-OH is 2. The summed E-state index contributed by atoms with van der Waals surface area (Å²) < 4.78 is 18.0. The number of carbonyl (C=O) groups is 2. The number of rotatable bonds is 17. The number of esters is 1. The number of nitrogens with one attached hydrogen (secondary N) is 1. The van der Waals surface area contributed by atoms with Crippen LogP contribution in [0.1, 0.15) is 57.4 Å². The standard InChI is InChI=1S/C34H54Cl2N4O7/c1-25(42)37-31-32(33(44)29(24-41)47-34(31)46-28-7-3-2-4-8-28)40-20-18-38(19-21-40)22-23-45-30(43)9-5-6-26-10-12-27(13-11-26)39(16-14-35)17-15-36/h10-13,28-29,31-34,41,44H,2-9,14-24H2,1H3,(H,37,42)/t29-,31-,32-,33-,34-/m1/s1. The van der Waals surface area contributed by atoms with Crippen molar-refractivity contribution in [3.05, 3.63) is 29.8 Å². The monoisotopic (exact) mass is 700 g/mol. The maximum Gasteiger partial charge on any atom is 0.305 e. The molecule has 3 aliphatic rings. The Kier molecular flexibility index (Phi) is 16.3. The molecule has 0 aromatic heterocycles. The molecule has 13 heteroatoms. The Bertz CT molecular complexity index is 1070. The SMILES string of the molecule is CC(=O)N[C@H]1[C@H](OC2CCCCC2)O[C@H](CO)[C@@H](O)[C@@H]1N1CCN(CCOC(=O)CCCc2ccc(N(CCCl)CCCl)cc2)CC1. The van der Waals surface area contributed by atoms with Crippen molar-refractivity contribution in [3.8, 4) is 0 Å². The first-order valence-corrected chi connectivity index (χ1v) is 18.3. The molecular formula is C34H54Cl2N4O7. The number of hydrogen-bond acceptors (Lipinski definition) is 10. The number of benzene rings is 1. The minimum Gasteiger partial charge on any atom is -0.464 e. The summed E-state index contributed by atoms with van der Waals surface area (Å²) >= 11 is 11.8. The number of hydrogen-bond donors (Lipinski definition) is 3. The van der Waals surface area contributed by atoms with Gasteiger partial charge in [-0.25, -0.2) is 0 Å². The van der Waals surface area contributed by atoms with Crippen molar-refractivity contribution in [1.82, 2.24) is 15.1 Å². The highest BCUT2D eigenvalue weighted by atomic mass is 35.5. The van der Waals surface area contributed by atoms with Gasteiger partial charge in [0.05, 0.1) is 24.8 Å². The van der Waals surface area contributed by atoms with E-state index in [9.17, 15) is 19.8 Å². The molecule has 2 saturated heterocycles. The second-order valence-corrected chi connectivity index (χ2v) is 13.6. The molecule has 1 amide bonds. The molecule has 4 rings (SSSR count). The maximum absolute atomic E-state index is 12.4. The van der Waals surface area contributed by atoms with Crippen molar-refractivity contribution in [3.63, 3.8) is 0 Å². The number of nitrogens with zero attached hydrogens (tertiary/aromatic N) is 3. The zero-order valence-electron chi connectivity index (χ0n) is 27.7. The molecule has 11 nitrogen and oxygen atoms in total. The zero-order valence-corrected chi connectivity index (χ0v) is 29.3. The summed E-state index contributed by atoms with van der Waals surface area (Å²) in [5, 5.41) is 24.3. The average molecular weight is 702 g/mol. The van der Waals surface area contributed by atoms with Crippen LogP contribution in [-0.2, 0) is 30.2 Å². The maximum atomic E-state index is 12.4. The Morgan fingerprint density at radius 3 is 2.34 bits per heavy atom. The van der Waals surface area contributed by atoms with Crippen molar-refractivity contribution in [2.24, 2.45) is 0 Å². The van der Waals surface area contributed by atoms with Crippen LogP contribution < -0.4 is 10.2 Å². The summed E-state index contributed by atoms with van der Waals surface area (Å²) in [5.74, 6) is 0.666. The minimum atomic E-state index is -0.991. The first-order chi connectivity index (χ1) is 22.8. The highest BCUT2D eigenvalue weighted by Crippen LogP contribution is 2.30. The smallest absolute Gasteiger partial charge is 0.305 e. The molecule has 1 saturated carbocycles. The third-order valence-electron chi connectivity index (χ3n) is 9.49. The molecule has 1 aliphatic carbocycles. The van der Waals surface area contributed by atoms with Crippen LogP contribution in [-0.4, -0.2) is 139 Å². The lowest BCUT2D eigenvalue weighted by Gasteiger charge is -2.51. The van der Waals surface area contributed by atoms with Crippen molar-refractivity contribution in [2.75, 3.05) is 75.7 Å². The number of anilines is 1. The molecule has 266 valence electrons. The van der Waals surface area contributed by atoms with Crippen LogP contribution in [0.2, 0.25) is 0 Å². The van der Waals surface area contributed by atoms with E-state index in [2.05, 4.69) is 44.3 Å². The highest BCUT2D eigenvalue weighted by Gasteiger charge is 2.49. The van der Waals surface area contributed by atoms with E-state index in [1.54, 1.807) is 0 Å². The summed E-state index contributed by atoms with van der Waals surface area (Å²) in [6, 6.07) is 7.28. The Morgan fingerprint density at radius 1 is 1.04 bits per heavy atom. The van der Waals surface area contributed by atoms with Crippen molar-refractivity contribution in [2.45, 2.75) is 95.0 Å². The van der Waals surface area contributed by atoms with Crippen LogP contribution in [0, 0.1) is 0 Å². The third-order valence-corrected chi connectivity index (χ3v) is 9.82. The van der Waals surface area contributed by atoms with E-state index in [4.69, 9.17) is 37.4 Å². The topological polar surface area (TPSA) is 124 Å². The number of aliphatic hydroxyl groups is 2. The minimum absolute atomic E-state index is 0.0329. The number of halogens is 2. The molecule has 3 N–H and O–H groups in total. The molecule has 1 aromatic carbocycles. The number of amides is 1. The number of aryl methyl sites for hydroxylation is 1. The Hall–Kier alpha value is -1.70. The molecular weight excluding hydrogens is 647 g/mol. The molecule has 3 fully saturated rings. The Labute approximate surface area is 289 Å². The summed E-state index contributed by atoms with van der Waals surface area (Å²) in [6.07, 6.45) is 4.60. The second-order valence-electron chi connectivity index (χ2n) is 12.8. The number of carbonyl (C=O) groups excluding carboxylic acids is 2. The highest BCUT2D eigenvalue weighted by molar-refractivity contribution is 6.18. The van der Waals surface area contributed by atoms with Gasteiger partial charge in [0.25, 0.3) is 0 Å². The zero-order chi connectivity index (χ0) is 33.6. The first kappa shape index (κ1) is 38.1.